The third kappa shape index (κ3) is 1.39. The van der Waals surface area contributed by atoms with Gasteiger partial charge in [0, 0.05) is 21.1 Å². The molecule has 5 nitrogen and oxygen atoms in total. The van der Waals surface area contributed by atoms with Crippen molar-refractivity contribution in [1.29, 1.82) is 0 Å². The van der Waals surface area contributed by atoms with E-state index in [2.05, 4.69) is 10.1 Å². The van der Waals surface area contributed by atoms with Crippen LogP contribution in [0.1, 0.15) is 5.69 Å². The van der Waals surface area contributed by atoms with E-state index in [4.69, 9.17) is 5.84 Å². The zero-order valence-corrected chi connectivity index (χ0v) is 7.52. The third-order valence-electron chi connectivity index (χ3n) is 1.61. The van der Waals surface area contributed by atoms with Crippen LogP contribution in [-0.2, 0) is 7.05 Å². The van der Waals surface area contributed by atoms with Crippen molar-refractivity contribution in [2.45, 2.75) is 0 Å². The number of hydrogen-bond donors (Lipinski definition) is 1. The summed E-state index contributed by atoms with van der Waals surface area (Å²) in [4.78, 5) is 6.10. The van der Waals surface area contributed by atoms with Crippen LogP contribution in [0.15, 0.2) is 11.3 Å². The second-order valence-electron chi connectivity index (χ2n) is 2.71. The van der Waals surface area contributed by atoms with Gasteiger partial charge in [0.15, 0.2) is 0 Å². The molecule has 0 unspecified atom stereocenters. The number of hydrazone groups is 1. The van der Waals surface area contributed by atoms with Crippen molar-refractivity contribution >= 4 is 12.2 Å². The highest BCUT2D eigenvalue weighted by Gasteiger charge is 2.04. The summed E-state index contributed by atoms with van der Waals surface area (Å²) in [6.07, 6.45) is 3.30. The fourth-order valence-electron chi connectivity index (χ4n) is 1.02. The van der Waals surface area contributed by atoms with Gasteiger partial charge in [0.05, 0.1) is 18.1 Å². The number of anilines is 1. The van der Waals surface area contributed by atoms with E-state index >= 15 is 0 Å². The predicted molar refractivity (Wildman–Crippen MR) is 49.3 cm³/mol. The summed E-state index contributed by atoms with van der Waals surface area (Å²) in [5.74, 6) is 5.91. The summed E-state index contributed by atoms with van der Waals surface area (Å²) >= 11 is 0. The molecule has 2 N–H and O–H groups in total. The van der Waals surface area contributed by atoms with Crippen molar-refractivity contribution in [3.63, 3.8) is 0 Å². The van der Waals surface area contributed by atoms with E-state index in [1.807, 2.05) is 30.6 Å². The number of nitrogens with two attached hydrogens (primary N) is 1. The van der Waals surface area contributed by atoms with E-state index in [0.29, 0.717) is 0 Å². The SMILES string of the molecule is CN(C)c1ncc(/C=N/N)n1C. The van der Waals surface area contributed by atoms with Gasteiger partial charge in [-0.15, -0.1) is 0 Å². The van der Waals surface area contributed by atoms with Crippen LogP contribution in [0, 0.1) is 0 Å². The van der Waals surface area contributed by atoms with Crippen LogP contribution < -0.4 is 10.7 Å². The number of hydrogen-bond acceptors (Lipinski definition) is 4. The van der Waals surface area contributed by atoms with Crippen LogP contribution >= 0.6 is 0 Å². The Bertz CT molecular complexity index is 286. The topological polar surface area (TPSA) is 59.4 Å². The van der Waals surface area contributed by atoms with Gasteiger partial charge in [-0.1, -0.05) is 0 Å². The number of rotatable bonds is 2. The molecule has 1 aromatic heterocycles. The first-order valence-corrected chi connectivity index (χ1v) is 3.59. The Balaban J connectivity index is 3.04. The van der Waals surface area contributed by atoms with Gasteiger partial charge in [0.1, 0.15) is 0 Å². The molecule has 0 fully saturated rings. The van der Waals surface area contributed by atoms with Gasteiger partial charge in [-0.25, -0.2) is 4.98 Å². The van der Waals surface area contributed by atoms with Crippen LogP contribution in [-0.4, -0.2) is 29.9 Å². The molecule has 1 heterocycles. The molecule has 66 valence electrons. The fourth-order valence-corrected chi connectivity index (χ4v) is 1.02. The Hall–Kier alpha value is -1.52. The zero-order valence-electron chi connectivity index (χ0n) is 7.52. The summed E-state index contributed by atoms with van der Waals surface area (Å²) in [6, 6.07) is 0. The Labute approximate surface area is 71.5 Å². The molecule has 1 rings (SSSR count). The van der Waals surface area contributed by atoms with Gasteiger partial charge < -0.3 is 15.3 Å². The minimum absolute atomic E-state index is 0.880. The molecule has 0 amide bonds. The van der Waals surface area contributed by atoms with Crippen LogP contribution in [0.25, 0.3) is 0 Å². The maximum atomic E-state index is 5.03. The van der Waals surface area contributed by atoms with Gasteiger partial charge in [-0.05, 0) is 0 Å². The van der Waals surface area contributed by atoms with Gasteiger partial charge in [0.25, 0.3) is 0 Å². The Morgan fingerprint density at radius 3 is 2.75 bits per heavy atom. The summed E-state index contributed by atoms with van der Waals surface area (Å²) in [7, 11) is 5.79. The summed E-state index contributed by atoms with van der Waals surface area (Å²) < 4.78 is 1.91. The maximum Gasteiger partial charge on any atom is 0.205 e. The zero-order chi connectivity index (χ0) is 9.14. The van der Waals surface area contributed by atoms with Gasteiger partial charge in [0.2, 0.25) is 5.95 Å². The van der Waals surface area contributed by atoms with Gasteiger partial charge >= 0.3 is 0 Å². The molecule has 0 radical (unpaired) electrons. The molecule has 0 saturated carbocycles. The van der Waals surface area contributed by atoms with Crippen LogP contribution in [0.4, 0.5) is 5.95 Å². The summed E-state index contributed by atoms with van der Waals surface area (Å²) in [6.45, 7) is 0. The van der Waals surface area contributed by atoms with Crippen LogP contribution in [0.3, 0.4) is 0 Å². The molecule has 12 heavy (non-hydrogen) atoms. The number of imidazole rings is 1. The van der Waals surface area contributed by atoms with Crippen molar-refractivity contribution < 1.29 is 0 Å². The molecule has 0 aliphatic rings. The average molecular weight is 167 g/mol. The first kappa shape index (κ1) is 8.58. The highest BCUT2D eigenvalue weighted by Crippen LogP contribution is 2.08. The largest absolute Gasteiger partial charge is 0.348 e. The lowest BCUT2D eigenvalue weighted by Gasteiger charge is -2.11. The Morgan fingerprint density at radius 1 is 1.67 bits per heavy atom. The molecule has 5 heteroatoms. The highest BCUT2D eigenvalue weighted by atomic mass is 15.3. The van der Waals surface area contributed by atoms with E-state index in [1.54, 1.807) is 12.4 Å². The van der Waals surface area contributed by atoms with Crippen molar-refractivity contribution in [3.8, 4) is 0 Å². The summed E-state index contributed by atoms with van der Waals surface area (Å²) in [5, 5.41) is 3.44. The quantitative estimate of drug-likeness (QED) is 0.376. The Morgan fingerprint density at radius 2 is 2.33 bits per heavy atom. The molecule has 0 atom stereocenters. The number of aromatic nitrogens is 2. The lowest BCUT2D eigenvalue weighted by molar-refractivity contribution is 0.861. The minimum Gasteiger partial charge on any atom is -0.348 e. The van der Waals surface area contributed by atoms with E-state index in [9.17, 15) is 0 Å². The lowest BCUT2D eigenvalue weighted by atomic mass is 10.5. The minimum atomic E-state index is 0.880. The lowest BCUT2D eigenvalue weighted by Crippen LogP contribution is -2.14. The van der Waals surface area contributed by atoms with E-state index in [-0.39, 0.29) is 0 Å². The molecule has 1 aromatic rings. The molecular formula is C7H13N5. The molecule has 0 aromatic carbocycles. The first-order chi connectivity index (χ1) is 5.66. The molecular weight excluding hydrogens is 154 g/mol. The van der Waals surface area contributed by atoms with Crippen LogP contribution in [0.2, 0.25) is 0 Å². The van der Waals surface area contributed by atoms with Gasteiger partial charge in [-0.3, -0.25) is 0 Å². The van der Waals surface area contributed by atoms with Crippen LogP contribution in [0.5, 0.6) is 0 Å². The van der Waals surface area contributed by atoms with Crippen molar-refractivity contribution in [1.82, 2.24) is 9.55 Å². The van der Waals surface area contributed by atoms with Gasteiger partial charge in [-0.2, -0.15) is 5.10 Å². The van der Waals surface area contributed by atoms with E-state index in [0.717, 1.165) is 11.6 Å². The third-order valence-corrected chi connectivity index (χ3v) is 1.61. The maximum absolute atomic E-state index is 5.03. The normalized spacial score (nSPS) is 10.9. The molecule has 0 aliphatic heterocycles. The fraction of sp³-hybridized carbons (Fsp3) is 0.429. The highest BCUT2D eigenvalue weighted by molar-refractivity contribution is 5.77. The van der Waals surface area contributed by atoms with Crippen molar-refractivity contribution in [2.75, 3.05) is 19.0 Å². The monoisotopic (exact) mass is 167 g/mol. The smallest absolute Gasteiger partial charge is 0.205 e. The average Bonchev–Trinajstić information content (AvgIpc) is 2.34. The second-order valence-corrected chi connectivity index (χ2v) is 2.71. The number of nitrogens with zero attached hydrogens (tertiary/aromatic N) is 4. The second kappa shape index (κ2) is 3.25. The van der Waals surface area contributed by atoms with Crippen molar-refractivity contribution in [3.05, 3.63) is 11.9 Å². The molecule has 0 spiro atoms. The van der Waals surface area contributed by atoms with E-state index < -0.39 is 0 Å². The predicted octanol–water partition coefficient (Wildman–Crippen LogP) is -0.221. The summed E-state index contributed by atoms with van der Waals surface area (Å²) in [5.41, 5.74) is 0.890. The van der Waals surface area contributed by atoms with Crippen molar-refractivity contribution in [2.24, 2.45) is 18.0 Å². The Kier molecular flexibility index (Phi) is 2.32. The molecule has 0 saturated heterocycles. The first-order valence-electron chi connectivity index (χ1n) is 3.59. The molecule has 0 aliphatic carbocycles. The van der Waals surface area contributed by atoms with E-state index in [1.165, 1.54) is 0 Å². The standard InChI is InChI=1S/C7H13N5/c1-11(2)7-9-4-6(5-10-8)12(7)3/h4-5H,8H2,1-3H3/b10-5+. The molecule has 0 bridgehead atoms.